The summed E-state index contributed by atoms with van der Waals surface area (Å²) < 4.78 is 5.49. The zero-order valence-corrected chi connectivity index (χ0v) is 13.4. The number of piperidine rings is 1. The van der Waals surface area contributed by atoms with Gasteiger partial charge in [-0.05, 0) is 30.7 Å². The number of benzene rings is 1. The molecule has 0 spiro atoms. The molecule has 0 amide bonds. The Labute approximate surface area is 137 Å². The molecule has 1 unspecified atom stereocenters. The summed E-state index contributed by atoms with van der Waals surface area (Å²) in [5.74, 6) is 2.20. The maximum Gasteiger partial charge on any atom is 0.132 e. The number of nitrogens with zero attached hydrogens (tertiary/aromatic N) is 3. The Balaban J connectivity index is 1.43. The van der Waals surface area contributed by atoms with Crippen molar-refractivity contribution in [2.75, 3.05) is 31.2 Å². The molecule has 1 aromatic carbocycles. The van der Waals surface area contributed by atoms with Crippen molar-refractivity contribution >= 4 is 5.82 Å². The van der Waals surface area contributed by atoms with Gasteiger partial charge in [-0.15, -0.1) is 0 Å². The summed E-state index contributed by atoms with van der Waals surface area (Å²) in [7, 11) is 0. The molecule has 4 rings (SSSR count). The van der Waals surface area contributed by atoms with E-state index in [1.807, 2.05) is 0 Å². The molecule has 120 valence electrons. The second kappa shape index (κ2) is 6.67. The molecule has 1 aromatic heterocycles. The second-order valence-electron chi connectivity index (χ2n) is 6.53. The molecule has 1 atom stereocenters. The first kappa shape index (κ1) is 14.6. The third-order valence-corrected chi connectivity index (χ3v) is 5.11. The van der Waals surface area contributed by atoms with Gasteiger partial charge < -0.3 is 9.64 Å². The van der Waals surface area contributed by atoms with Crippen molar-refractivity contribution in [2.45, 2.75) is 31.1 Å². The summed E-state index contributed by atoms with van der Waals surface area (Å²) in [5, 5.41) is 0. The van der Waals surface area contributed by atoms with Crippen LogP contribution in [0.4, 0.5) is 5.82 Å². The molecule has 0 N–H and O–H groups in total. The Hall–Kier alpha value is -1.94. The number of anilines is 1. The van der Waals surface area contributed by atoms with Crippen LogP contribution in [0.2, 0.25) is 0 Å². The standard InChI is InChI=1S/C19H23N3O/c1-2-4-15(5-3-1)16-6-9-22(10-7-16)19-12-18(20-14-21-19)17-8-11-23-13-17/h1-5,12,14,16-17H,6-11,13H2. The molecule has 2 aliphatic heterocycles. The van der Waals surface area contributed by atoms with E-state index in [1.54, 1.807) is 6.33 Å². The maximum absolute atomic E-state index is 5.49. The molecule has 0 saturated carbocycles. The molecule has 3 heterocycles. The van der Waals surface area contributed by atoms with Crippen LogP contribution in [0.15, 0.2) is 42.7 Å². The van der Waals surface area contributed by atoms with Crippen LogP contribution in [0.1, 0.15) is 42.4 Å². The molecule has 4 nitrogen and oxygen atoms in total. The molecular formula is C19H23N3O. The van der Waals surface area contributed by atoms with Crippen LogP contribution in [0.25, 0.3) is 0 Å². The SMILES string of the molecule is c1ccc(C2CCN(c3cc(C4CCOC4)ncn3)CC2)cc1. The molecule has 2 saturated heterocycles. The van der Waals surface area contributed by atoms with Crippen molar-refractivity contribution in [3.8, 4) is 0 Å². The summed E-state index contributed by atoms with van der Waals surface area (Å²) in [6, 6.07) is 13.0. The van der Waals surface area contributed by atoms with Gasteiger partial charge in [-0.2, -0.15) is 0 Å². The number of rotatable bonds is 3. The zero-order valence-electron chi connectivity index (χ0n) is 13.4. The zero-order chi connectivity index (χ0) is 15.5. The molecule has 0 bridgehead atoms. The Morgan fingerprint density at radius 3 is 2.52 bits per heavy atom. The van der Waals surface area contributed by atoms with E-state index in [2.05, 4.69) is 51.3 Å². The molecule has 0 aliphatic carbocycles. The predicted molar refractivity (Wildman–Crippen MR) is 90.8 cm³/mol. The number of hydrogen-bond donors (Lipinski definition) is 0. The normalized spacial score (nSPS) is 22.4. The van der Waals surface area contributed by atoms with E-state index >= 15 is 0 Å². The summed E-state index contributed by atoms with van der Waals surface area (Å²) in [6.45, 7) is 3.79. The lowest BCUT2D eigenvalue weighted by Gasteiger charge is -2.33. The maximum atomic E-state index is 5.49. The van der Waals surface area contributed by atoms with Crippen LogP contribution < -0.4 is 4.90 Å². The number of hydrogen-bond acceptors (Lipinski definition) is 4. The molecule has 23 heavy (non-hydrogen) atoms. The Kier molecular flexibility index (Phi) is 4.24. The highest BCUT2D eigenvalue weighted by Gasteiger charge is 2.23. The molecule has 2 fully saturated rings. The van der Waals surface area contributed by atoms with Crippen LogP contribution in [0.3, 0.4) is 0 Å². The summed E-state index contributed by atoms with van der Waals surface area (Å²) in [5.41, 5.74) is 2.61. The summed E-state index contributed by atoms with van der Waals surface area (Å²) in [4.78, 5) is 11.4. The topological polar surface area (TPSA) is 38.2 Å². The van der Waals surface area contributed by atoms with Crippen molar-refractivity contribution in [3.63, 3.8) is 0 Å². The first-order valence-electron chi connectivity index (χ1n) is 8.60. The van der Waals surface area contributed by atoms with E-state index < -0.39 is 0 Å². The summed E-state index contributed by atoms with van der Waals surface area (Å²) in [6.07, 6.45) is 5.17. The van der Waals surface area contributed by atoms with Gasteiger partial charge in [0.25, 0.3) is 0 Å². The molecule has 0 radical (unpaired) electrons. The van der Waals surface area contributed by atoms with E-state index in [-0.39, 0.29) is 0 Å². The van der Waals surface area contributed by atoms with E-state index in [4.69, 9.17) is 4.74 Å². The molecular weight excluding hydrogens is 286 g/mol. The number of aromatic nitrogens is 2. The lowest BCUT2D eigenvalue weighted by atomic mass is 9.89. The first-order valence-corrected chi connectivity index (χ1v) is 8.60. The lowest BCUT2D eigenvalue weighted by Crippen LogP contribution is -2.33. The van der Waals surface area contributed by atoms with Crippen LogP contribution in [0, 0.1) is 0 Å². The van der Waals surface area contributed by atoms with E-state index in [0.29, 0.717) is 11.8 Å². The van der Waals surface area contributed by atoms with Gasteiger partial charge in [0.15, 0.2) is 0 Å². The van der Waals surface area contributed by atoms with E-state index in [9.17, 15) is 0 Å². The highest BCUT2D eigenvalue weighted by atomic mass is 16.5. The van der Waals surface area contributed by atoms with Crippen molar-refractivity contribution in [2.24, 2.45) is 0 Å². The average molecular weight is 309 g/mol. The van der Waals surface area contributed by atoms with Crippen LogP contribution >= 0.6 is 0 Å². The van der Waals surface area contributed by atoms with Gasteiger partial charge in [0, 0.05) is 31.7 Å². The Bertz CT molecular complexity index is 632. The van der Waals surface area contributed by atoms with Crippen LogP contribution in [-0.4, -0.2) is 36.3 Å². The van der Waals surface area contributed by atoms with Gasteiger partial charge in [-0.25, -0.2) is 9.97 Å². The predicted octanol–water partition coefficient (Wildman–Crippen LogP) is 3.36. The van der Waals surface area contributed by atoms with Crippen molar-refractivity contribution < 1.29 is 4.74 Å². The fourth-order valence-electron chi connectivity index (χ4n) is 3.69. The van der Waals surface area contributed by atoms with Gasteiger partial charge in [-0.3, -0.25) is 0 Å². The van der Waals surface area contributed by atoms with Gasteiger partial charge in [0.2, 0.25) is 0 Å². The third kappa shape index (κ3) is 3.22. The highest BCUT2D eigenvalue weighted by Crippen LogP contribution is 2.31. The molecule has 2 aromatic rings. The first-order chi connectivity index (χ1) is 11.4. The minimum Gasteiger partial charge on any atom is -0.381 e. The van der Waals surface area contributed by atoms with Gasteiger partial charge in [-0.1, -0.05) is 30.3 Å². The molecule has 2 aliphatic rings. The Morgan fingerprint density at radius 2 is 1.78 bits per heavy atom. The number of ether oxygens (including phenoxy) is 1. The van der Waals surface area contributed by atoms with E-state index in [0.717, 1.165) is 44.2 Å². The van der Waals surface area contributed by atoms with Gasteiger partial charge >= 0.3 is 0 Å². The lowest BCUT2D eigenvalue weighted by molar-refractivity contribution is 0.193. The van der Waals surface area contributed by atoms with Crippen LogP contribution in [0.5, 0.6) is 0 Å². The largest absolute Gasteiger partial charge is 0.381 e. The quantitative estimate of drug-likeness (QED) is 0.871. The fourth-order valence-corrected chi connectivity index (χ4v) is 3.69. The van der Waals surface area contributed by atoms with Crippen LogP contribution in [-0.2, 0) is 4.74 Å². The smallest absolute Gasteiger partial charge is 0.132 e. The third-order valence-electron chi connectivity index (χ3n) is 5.11. The van der Waals surface area contributed by atoms with E-state index in [1.165, 1.54) is 18.4 Å². The van der Waals surface area contributed by atoms with Gasteiger partial charge in [0.1, 0.15) is 12.1 Å². The molecule has 4 heteroatoms. The fraction of sp³-hybridized carbons (Fsp3) is 0.474. The Morgan fingerprint density at radius 1 is 0.957 bits per heavy atom. The second-order valence-corrected chi connectivity index (χ2v) is 6.53. The minimum atomic E-state index is 0.443. The highest BCUT2D eigenvalue weighted by molar-refractivity contribution is 5.41. The van der Waals surface area contributed by atoms with Crippen molar-refractivity contribution in [3.05, 3.63) is 54.0 Å². The summed E-state index contributed by atoms with van der Waals surface area (Å²) >= 11 is 0. The van der Waals surface area contributed by atoms with Crippen molar-refractivity contribution in [1.82, 2.24) is 9.97 Å². The van der Waals surface area contributed by atoms with Gasteiger partial charge in [0.05, 0.1) is 12.3 Å². The minimum absolute atomic E-state index is 0.443. The monoisotopic (exact) mass is 309 g/mol. The van der Waals surface area contributed by atoms with Crippen molar-refractivity contribution in [1.29, 1.82) is 0 Å². The average Bonchev–Trinajstić information content (AvgIpc) is 3.18.